The predicted octanol–water partition coefficient (Wildman–Crippen LogP) is 3.70. The Morgan fingerprint density at radius 2 is 2.21 bits per heavy atom. The van der Waals surface area contributed by atoms with E-state index in [2.05, 4.69) is 10.3 Å². The number of primary amides is 1. The molecule has 0 unspecified atom stereocenters. The molecule has 24 heavy (non-hydrogen) atoms. The monoisotopic (exact) mass is 343 g/mol. The number of nitrogens with two attached hydrogens (primary N) is 1. The second-order valence-electron chi connectivity index (χ2n) is 5.20. The molecule has 0 spiro atoms. The normalized spacial score (nSPS) is 10.8. The Morgan fingerprint density at radius 1 is 1.42 bits per heavy atom. The largest absolute Gasteiger partial charge is 0.456 e. The van der Waals surface area contributed by atoms with Crippen LogP contribution in [-0.2, 0) is 11.3 Å². The van der Waals surface area contributed by atoms with Crippen molar-refractivity contribution in [1.29, 1.82) is 0 Å². The van der Waals surface area contributed by atoms with Crippen molar-refractivity contribution < 1.29 is 13.9 Å². The number of para-hydroxylation sites is 1. The second-order valence-corrected chi connectivity index (χ2v) is 6.06. The van der Waals surface area contributed by atoms with Crippen LogP contribution in [0, 0.1) is 6.92 Å². The van der Waals surface area contributed by atoms with Gasteiger partial charge < -0.3 is 20.2 Å². The summed E-state index contributed by atoms with van der Waals surface area (Å²) in [5.74, 6) is 0.155. The highest BCUT2D eigenvalue weighted by Crippen LogP contribution is 2.31. The molecule has 0 bridgehead atoms. The molecule has 0 aliphatic heterocycles. The van der Waals surface area contributed by atoms with Crippen molar-refractivity contribution in [2.75, 3.05) is 12.4 Å². The van der Waals surface area contributed by atoms with Crippen LogP contribution in [0.2, 0.25) is 0 Å². The van der Waals surface area contributed by atoms with Crippen molar-refractivity contribution in [2.24, 2.45) is 5.73 Å². The molecule has 2 aromatic heterocycles. The van der Waals surface area contributed by atoms with Gasteiger partial charge in [-0.1, -0.05) is 18.2 Å². The van der Waals surface area contributed by atoms with Crippen molar-refractivity contribution in [1.82, 2.24) is 4.98 Å². The van der Waals surface area contributed by atoms with Gasteiger partial charge in [-0.05, 0) is 19.1 Å². The lowest BCUT2D eigenvalue weighted by Crippen LogP contribution is -2.09. The number of amides is 1. The highest BCUT2D eigenvalue weighted by Gasteiger charge is 2.16. The number of carbonyl (C=O) groups excluding carboxylic acids is 1. The summed E-state index contributed by atoms with van der Waals surface area (Å²) in [6, 6.07) is 9.52. The Hall–Kier alpha value is -2.64. The number of aryl methyl sites for hydroxylation is 1. The molecular formula is C17H17N3O3S. The molecule has 3 N–H and O–H groups in total. The third-order valence-electron chi connectivity index (χ3n) is 3.50. The van der Waals surface area contributed by atoms with E-state index in [0.717, 1.165) is 27.6 Å². The second kappa shape index (κ2) is 6.86. The molecule has 1 amide bonds. The molecule has 1 aromatic carbocycles. The lowest BCUT2D eigenvalue weighted by Gasteiger charge is -2.08. The molecule has 124 valence electrons. The van der Waals surface area contributed by atoms with Crippen LogP contribution in [0.25, 0.3) is 11.3 Å². The molecule has 0 fully saturated rings. The fourth-order valence-electron chi connectivity index (χ4n) is 2.35. The van der Waals surface area contributed by atoms with Gasteiger partial charge in [0.25, 0.3) is 5.91 Å². The van der Waals surface area contributed by atoms with E-state index in [0.29, 0.717) is 12.4 Å². The fraction of sp³-hybridized carbons (Fsp3) is 0.176. The number of nitrogens with zero attached hydrogens (tertiary/aromatic N) is 1. The Kier molecular flexibility index (Phi) is 4.64. The predicted molar refractivity (Wildman–Crippen MR) is 93.5 cm³/mol. The van der Waals surface area contributed by atoms with Crippen molar-refractivity contribution >= 4 is 28.1 Å². The molecule has 7 heteroatoms. The van der Waals surface area contributed by atoms with Gasteiger partial charge in [0.1, 0.15) is 5.76 Å². The van der Waals surface area contributed by atoms with Crippen LogP contribution in [0.3, 0.4) is 0 Å². The lowest BCUT2D eigenvalue weighted by atomic mass is 10.2. The summed E-state index contributed by atoms with van der Waals surface area (Å²) < 4.78 is 10.6. The maximum absolute atomic E-state index is 11.2. The summed E-state index contributed by atoms with van der Waals surface area (Å²) in [4.78, 5) is 15.8. The summed E-state index contributed by atoms with van der Waals surface area (Å²) >= 11 is 1.47. The summed E-state index contributed by atoms with van der Waals surface area (Å²) in [6.45, 7) is 2.30. The number of benzene rings is 1. The number of carbonyl (C=O) groups is 1. The van der Waals surface area contributed by atoms with Crippen LogP contribution in [0.1, 0.15) is 21.9 Å². The summed E-state index contributed by atoms with van der Waals surface area (Å²) in [5, 5.41) is 5.95. The van der Waals surface area contributed by atoms with Gasteiger partial charge >= 0.3 is 0 Å². The van der Waals surface area contributed by atoms with Gasteiger partial charge in [0.15, 0.2) is 10.9 Å². The van der Waals surface area contributed by atoms with E-state index in [9.17, 15) is 4.79 Å². The number of hydrogen-bond acceptors (Lipinski definition) is 6. The molecule has 0 atom stereocenters. The van der Waals surface area contributed by atoms with Gasteiger partial charge in [0.05, 0.1) is 12.3 Å². The minimum absolute atomic E-state index is 0.135. The molecule has 3 aromatic rings. The molecule has 0 aliphatic carbocycles. The van der Waals surface area contributed by atoms with E-state index in [4.69, 9.17) is 14.9 Å². The standard InChI is InChI=1S/C17H17N3O3S/c1-10-12(7-15(23-10)16(18)21)14-9-24-17(20-14)19-13-6-4-3-5-11(13)8-22-2/h3-7,9H,8H2,1-2H3,(H2,18,21)(H,19,20). The zero-order valence-corrected chi connectivity index (χ0v) is 14.1. The zero-order chi connectivity index (χ0) is 17.1. The number of ether oxygens (including phenoxy) is 1. The van der Waals surface area contributed by atoms with E-state index in [1.165, 1.54) is 11.3 Å². The first kappa shape index (κ1) is 16.2. The van der Waals surface area contributed by atoms with E-state index in [-0.39, 0.29) is 5.76 Å². The van der Waals surface area contributed by atoms with Crippen LogP contribution in [-0.4, -0.2) is 18.0 Å². The smallest absolute Gasteiger partial charge is 0.284 e. The number of rotatable bonds is 6. The van der Waals surface area contributed by atoms with E-state index in [1.807, 2.05) is 29.6 Å². The van der Waals surface area contributed by atoms with Crippen LogP contribution in [0.4, 0.5) is 10.8 Å². The minimum Gasteiger partial charge on any atom is -0.456 e. The quantitative estimate of drug-likeness (QED) is 0.712. The van der Waals surface area contributed by atoms with Crippen molar-refractivity contribution in [3.8, 4) is 11.3 Å². The van der Waals surface area contributed by atoms with Crippen molar-refractivity contribution in [2.45, 2.75) is 13.5 Å². The average molecular weight is 343 g/mol. The van der Waals surface area contributed by atoms with E-state index in [1.54, 1.807) is 20.1 Å². The maximum Gasteiger partial charge on any atom is 0.284 e. The van der Waals surface area contributed by atoms with Crippen LogP contribution in [0.15, 0.2) is 40.1 Å². The zero-order valence-electron chi connectivity index (χ0n) is 13.3. The van der Waals surface area contributed by atoms with E-state index >= 15 is 0 Å². The molecular weight excluding hydrogens is 326 g/mol. The molecule has 0 saturated carbocycles. The SMILES string of the molecule is COCc1ccccc1Nc1nc(-c2cc(C(N)=O)oc2C)cs1. The topological polar surface area (TPSA) is 90.4 Å². The number of furan rings is 1. The van der Waals surface area contributed by atoms with Crippen molar-refractivity contribution in [3.63, 3.8) is 0 Å². The molecule has 0 aliphatic rings. The van der Waals surface area contributed by atoms with Gasteiger partial charge in [-0.15, -0.1) is 11.3 Å². The molecule has 2 heterocycles. The van der Waals surface area contributed by atoms with Gasteiger partial charge in [-0.2, -0.15) is 0 Å². The van der Waals surface area contributed by atoms with Gasteiger partial charge in [-0.25, -0.2) is 4.98 Å². The number of anilines is 2. The third-order valence-corrected chi connectivity index (χ3v) is 4.26. The van der Waals surface area contributed by atoms with Crippen LogP contribution >= 0.6 is 11.3 Å². The van der Waals surface area contributed by atoms with Crippen LogP contribution < -0.4 is 11.1 Å². The number of nitrogens with one attached hydrogen (secondary N) is 1. The summed E-state index contributed by atoms with van der Waals surface area (Å²) in [7, 11) is 1.66. The molecule has 0 saturated heterocycles. The first-order chi connectivity index (χ1) is 11.6. The number of thiazole rings is 1. The Morgan fingerprint density at radius 3 is 2.92 bits per heavy atom. The maximum atomic E-state index is 11.2. The van der Waals surface area contributed by atoms with Crippen LogP contribution in [0.5, 0.6) is 0 Å². The number of aromatic nitrogens is 1. The highest BCUT2D eigenvalue weighted by molar-refractivity contribution is 7.14. The molecule has 0 radical (unpaired) electrons. The van der Waals surface area contributed by atoms with Gasteiger partial charge in [-0.3, -0.25) is 4.79 Å². The summed E-state index contributed by atoms with van der Waals surface area (Å²) in [5.41, 5.74) is 8.75. The fourth-order valence-corrected chi connectivity index (χ4v) is 3.07. The average Bonchev–Trinajstić information content (AvgIpc) is 3.16. The molecule has 3 rings (SSSR count). The van der Waals surface area contributed by atoms with E-state index < -0.39 is 5.91 Å². The lowest BCUT2D eigenvalue weighted by molar-refractivity contribution is 0.0972. The Balaban J connectivity index is 1.85. The third kappa shape index (κ3) is 3.32. The Bertz CT molecular complexity index is 870. The van der Waals surface area contributed by atoms with Crippen molar-refractivity contribution in [3.05, 3.63) is 52.8 Å². The first-order valence-corrected chi connectivity index (χ1v) is 8.16. The minimum atomic E-state index is -0.591. The Labute approximate surface area is 143 Å². The molecule has 6 nitrogen and oxygen atoms in total. The first-order valence-electron chi connectivity index (χ1n) is 7.28. The highest BCUT2D eigenvalue weighted by atomic mass is 32.1. The summed E-state index contributed by atoms with van der Waals surface area (Å²) in [6.07, 6.45) is 0. The van der Waals surface area contributed by atoms with Gasteiger partial charge in [0.2, 0.25) is 0 Å². The number of methoxy groups -OCH3 is 1. The number of hydrogen-bond donors (Lipinski definition) is 2. The van der Waals surface area contributed by atoms with Gasteiger partial charge in [0, 0.05) is 29.3 Å².